The van der Waals surface area contributed by atoms with E-state index in [0.717, 1.165) is 65.4 Å². The maximum Gasteiger partial charge on any atom is 0.249 e. The standard InChI is InChI=1S/C26H28N6O2/c1-16-5-8-28-13-19(16)21-10-18-11-22(29-14-20(18)25(27)30-21)31-23(33)9-17-3-6-26(7-4-17)12-24(34)32(2)15-26/h5,8-11,13-14H,3-4,6-7,12,15H2,1-2H3,(H2,27,30)(H,29,31,33). The van der Waals surface area contributed by atoms with Gasteiger partial charge in [-0.05, 0) is 67.2 Å². The highest BCUT2D eigenvalue weighted by Crippen LogP contribution is 2.45. The van der Waals surface area contributed by atoms with Crippen LogP contribution in [0.4, 0.5) is 11.6 Å². The van der Waals surface area contributed by atoms with E-state index in [0.29, 0.717) is 18.1 Å². The molecular formula is C26H28N6O2. The van der Waals surface area contributed by atoms with Crippen LogP contribution in [-0.4, -0.2) is 45.3 Å². The first-order chi connectivity index (χ1) is 16.3. The predicted molar refractivity (Wildman–Crippen MR) is 132 cm³/mol. The van der Waals surface area contributed by atoms with E-state index in [1.807, 2.05) is 37.1 Å². The monoisotopic (exact) mass is 456 g/mol. The fourth-order valence-electron chi connectivity index (χ4n) is 5.14. The first-order valence-electron chi connectivity index (χ1n) is 11.5. The summed E-state index contributed by atoms with van der Waals surface area (Å²) < 4.78 is 0. The number of carbonyl (C=O) groups is 2. The normalized spacial score (nSPS) is 20.2. The molecule has 5 rings (SSSR count). The molecule has 0 aromatic carbocycles. The van der Waals surface area contributed by atoms with Crippen molar-refractivity contribution >= 4 is 34.2 Å². The van der Waals surface area contributed by atoms with Gasteiger partial charge in [-0.2, -0.15) is 0 Å². The number of nitrogen functional groups attached to an aromatic ring is 1. The van der Waals surface area contributed by atoms with Crippen LogP contribution >= 0.6 is 0 Å². The van der Waals surface area contributed by atoms with Crippen molar-refractivity contribution in [2.45, 2.75) is 39.0 Å². The summed E-state index contributed by atoms with van der Waals surface area (Å²) >= 11 is 0. The van der Waals surface area contributed by atoms with Gasteiger partial charge in [-0.1, -0.05) is 5.57 Å². The van der Waals surface area contributed by atoms with E-state index in [-0.39, 0.29) is 17.2 Å². The summed E-state index contributed by atoms with van der Waals surface area (Å²) in [5.41, 5.74) is 10.1. The molecule has 174 valence electrons. The first kappa shape index (κ1) is 22.0. The second-order valence-electron chi connectivity index (χ2n) is 9.59. The van der Waals surface area contributed by atoms with Crippen LogP contribution in [0.25, 0.3) is 22.0 Å². The van der Waals surface area contributed by atoms with Crippen molar-refractivity contribution in [3.05, 3.63) is 54.0 Å². The summed E-state index contributed by atoms with van der Waals surface area (Å²) in [6.45, 7) is 2.82. The van der Waals surface area contributed by atoms with Crippen molar-refractivity contribution in [3.63, 3.8) is 0 Å². The Labute approximate surface area is 198 Å². The topological polar surface area (TPSA) is 114 Å². The second-order valence-corrected chi connectivity index (χ2v) is 9.59. The molecule has 2 amide bonds. The third-order valence-corrected chi connectivity index (χ3v) is 7.12. The molecule has 1 aliphatic carbocycles. The largest absolute Gasteiger partial charge is 0.383 e. The van der Waals surface area contributed by atoms with Gasteiger partial charge in [0.1, 0.15) is 11.6 Å². The lowest BCUT2D eigenvalue weighted by atomic mass is 9.72. The molecule has 2 aliphatic rings. The van der Waals surface area contributed by atoms with Gasteiger partial charge < -0.3 is 16.0 Å². The number of anilines is 2. The number of nitrogens with one attached hydrogen (secondary N) is 1. The zero-order valence-electron chi connectivity index (χ0n) is 19.5. The molecule has 4 heterocycles. The molecule has 0 atom stereocenters. The predicted octanol–water partition coefficient (Wildman–Crippen LogP) is 3.87. The minimum Gasteiger partial charge on any atom is -0.383 e. The van der Waals surface area contributed by atoms with Gasteiger partial charge in [-0.15, -0.1) is 0 Å². The van der Waals surface area contributed by atoms with E-state index in [9.17, 15) is 9.59 Å². The zero-order valence-corrected chi connectivity index (χ0v) is 19.5. The Bertz CT molecular complexity index is 1320. The Morgan fingerprint density at radius 3 is 2.74 bits per heavy atom. The number of pyridine rings is 3. The fraction of sp³-hybridized carbons (Fsp3) is 0.346. The number of amides is 2. The summed E-state index contributed by atoms with van der Waals surface area (Å²) in [5.74, 6) is 0.882. The molecule has 2 fully saturated rings. The molecule has 0 radical (unpaired) electrons. The summed E-state index contributed by atoms with van der Waals surface area (Å²) in [4.78, 5) is 39.6. The van der Waals surface area contributed by atoms with E-state index >= 15 is 0 Å². The van der Waals surface area contributed by atoms with Gasteiger partial charge in [0, 0.05) is 55.6 Å². The van der Waals surface area contributed by atoms with Crippen LogP contribution < -0.4 is 11.1 Å². The molecule has 1 spiro atoms. The molecule has 0 unspecified atom stereocenters. The number of rotatable bonds is 3. The number of fused-ring (bicyclic) bond motifs is 1. The fourth-order valence-corrected chi connectivity index (χ4v) is 5.14. The highest BCUT2D eigenvalue weighted by atomic mass is 16.2. The Hall–Kier alpha value is -3.81. The molecule has 1 aliphatic heterocycles. The maximum atomic E-state index is 12.7. The van der Waals surface area contributed by atoms with E-state index in [1.54, 1.807) is 24.7 Å². The zero-order chi connectivity index (χ0) is 23.9. The minimum absolute atomic E-state index is 0.0812. The Morgan fingerprint density at radius 1 is 1.24 bits per heavy atom. The SMILES string of the molecule is Cc1ccncc1-c1cc2cc(NC(=O)C=C3CCC4(CC3)CC(=O)N(C)C4)ncc2c(N)n1. The van der Waals surface area contributed by atoms with Crippen molar-refractivity contribution < 1.29 is 9.59 Å². The third-order valence-electron chi connectivity index (χ3n) is 7.12. The number of allylic oxidation sites excluding steroid dienone is 1. The number of aryl methyl sites for hydroxylation is 1. The lowest BCUT2D eigenvalue weighted by Gasteiger charge is -2.33. The molecule has 0 bridgehead atoms. The van der Waals surface area contributed by atoms with Crippen molar-refractivity contribution in [1.82, 2.24) is 19.9 Å². The number of hydrogen-bond donors (Lipinski definition) is 2. The van der Waals surface area contributed by atoms with Crippen LogP contribution in [0.2, 0.25) is 0 Å². The van der Waals surface area contributed by atoms with Gasteiger partial charge in [0.2, 0.25) is 11.8 Å². The van der Waals surface area contributed by atoms with Gasteiger partial charge in [0.05, 0.1) is 5.69 Å². The van der Waals surface area contributed by atoms with Gasteiger partial charge >= 0.3 is 0 Å². The molecule has 3 aromatic rings. The smallest absolute Gasteiger partial charge is 0.249 e. The number of carbonyl (C=O) groups excluding carboxylic acids is 2. The average molecular weight is 457 g/mol. The first-order valence-corrected chi connectivity index (χ1v) is 11.5. The number of hydrogen-bond acceptors (Lipinski definition) is 6. The number of likely N-dealkylation sites (tertiary alicyclic amines) is 1. The number of aromatic nitrogens is 3. The summed E-state index contributed by atoms with van der Waals surface area (Å²) in [5, 5.41) is 4.46. The molecule has 8 nitrogen and oxygen atoms in total. The molecule has 8 heteroatoms. The minimum atomic E-state index is -0.192. The average Bonchev–Trinajstić information content (AvgIpc) is 3.08. The highest BCUT2D eigenvalue weighted by molar-refractivity contribution is 6.01. The van der Waals surface area contributed by atoms with E-state index < -0.39 is 0 Å². The number of nitrogens with two attached hydrogens (primary N) is 1. The maximum absolute atomic E-state index is 12.7. The second kappa shape index (κ2) is 8.52. The van der Waals surface area contributed by atoms with Gasteiger partial charge in [0.15, 0.2) is 0 Å². The van der Waals surface area contributed by atoms with Crippen LogP contribution in [-0.2, 0) is 9.59 Å². The molecule has 1 saturated carbocycles. The quantitative estimate of drug-likeness (QED) is 0.578. The molecular weight excluding hydrogens is 428 g/mol. The third kappa shape index (κ3) is 4.23. The van der Waals surface area contributed by atoms with E-state index in [2.05, 4.69) is 20.3 Å². The highest BCUT2D eigenvalue weighted by Gasteiger charge is 2.42. The summed E-state index contributed by atoms with van der Waals surface area (Å²) in [6.07, 6.45) is 11.0. The lowest BCUT2D eigenvalue weighted by Crippen LogP contribution is -2.28. The van der Waals surface area contributed by atoms with Crippen LogP contribution in [0.1, 0.15) is 37.7 Å². The van der Waals surface area contributed by atoms with Crippen LogP contribution in [0.3, 0.4) is 0 Å². The van der Waals surface area contributed by atoms with Crippen molar-refractivity contribution in [3.8, 4) is 11.3 Å². The van der Waals surface area contributed by atoms with Crippen molar-refractivity contribution in [2.75, 3.05) is 24.6 Å². The van der Waals surface area contributed by atoms with Gasteiger partial charge in [-0.25, -0.2) is 9.97 Å². The lowest BCUT2D eigenvalue weighted by molar-refractivity contribution is -0.126. The van der Waals surface area contributed by atoms with Gasteiger partial charge in [0.25, 0.3) is 0 Å². The molecule has 3 aromatic heterocycles. The molecule has 34 heavy (non-hydrogen) atoms. The van der Waals surface area contributed by atoms with Crippen LogP contribution in [0.5, 0.6) is 0 Å². The Morgan fingerprint density at radius 2 is 2.03 bits per heavy atom. The number of nitrogens with zero attached hydrogens (tertiary/aromatic N) is 4. The van der Waals surface area contributed by atoms with E-state index in [4.69, 9.17) is 5.73 Å². The van der Waals surface area contributed by atoms with Gasteiger partial charge in [-0.3, -0.25) is 14.6 Å². The summed E-state index contributed by atoms with van der Waals surface area (Å²) in [6, 6.07) is 5.68. The van der Waals surface area contributed by atoms with Crippen molar-refractivity contribution in [1.29, 1.82) is 0 Å². The van der Waals surface area contributed by atoms with Crippen LogP contribution in [0, 0.1) is 12.3 Å². The van der Waals surface area contributed by atoms with E-state index in [1.165, 1.54) is 0 Å². The van der Waals surface area contributed by atoms with Crippen LogP contribution in [0.15, 0.2) is 48.4 Å². The summed E-state index contributed by atoms with van der Waals surface area (Å²) in [7, 11) is 1.87. The Kier molecular flexibility index (Phi) is 5.51. The molecule has 1 saturated heterocycles. The molecule has 3 N–H and O–H groups in total. The Balaban J connectivity index is 1.31. The van der Waals surface area contributed by atoms with Crippen molar-refractivity contribution in [2.24, 2.45) is 5.41 Å².